The molecule has 88 valence electrons. The molecule has 16 heavy (non-hydrogen) atoms. The maximum Gasteiger partial charge on any atom is 0.189 e. The number of aliphatic imine (C=N–C) groups is 1. The van der Waals surface area contributed by atoms with Crippen LogP contribution in [-0.4, -0.2) is 22.0 Å². The van der Waals surface area contributed by atoms with Crippen molar-refractivity contribution in [3.8, 4) is 0 Å². The van der Waals surface area contributed by atoms with Gasteiger partial charge in [-0.3, -0.25) is 0 Å². The zero-order chi connectivity index (χ0) is 10.7. The van der Waals surface area contributed by atoms with Crippen LogP contribution in [0.5, 0.6) is 0 Å². The number of hydrogen-bond donors (Lipinski definition) is 2. The van der Waals surface area contributed by atoms with Crippen molar-refractivity contribution in [1.29, 1.82) is 0 Å². The smallest absolute Gasteiger partial charge is 0.189 e. The Labute approximate surface area is 112 Å². The van der Waals surface area contributed by atoms with Crippen LogP contribution in [0.2, 0.25) is 0 Å². The lowest BCUT2D eigenvalue weighted by molar-refractivity contribution is 0.864. The predicted octanol–water partition coefficient (Wildman–Crippen LogP) is 0.970. The van der Waals surface area contributed by atoms with Crippen molar-refractivity contribution in [3.63, 3.8) is 0 Å². The zero-order valence-electron chi connectivity index (χ0n) is 9.18. The summed E-state index contributed by atoms with van der Waals surface area (Å²) >= 11 is 0. The SMILES string of the molecule is Cc1nccc(CN=C(N)NC2CC2)n1.I. The van der Waals surface area contributed by atoms with Crippen LogP contribution in [0.15, 0.2) is 17.3 Å². The third kappa shape index (κ3) is 4.30. The fourth-order valence-corrected chi connectivity index (χ4v) is 1.24. The second-order valence-electron chi connectivity index (χ2n) is 3.72. The van der Waals surface area contributed by atoms with E-state index in [0.717, 1.165) is 11.5 Å². The van der Waals surface area contributed by atoms with Gasteiger partial charge in [-0.2, -0.15) is 0 Å². The molecule has 1 aliphatic carbocycles. The molecular formula is C10H16IN5. The van der Waals surface area contributed by atoms with E-state index in [4.69, 9.17) is 5.73 Å². The minimum absolute atomic E-state index is 0. The molecule has 1 heterocycles. The topological polar surface area (TPSA) is 76.2 Å². The van der Waals surface area contributed by atoms with E-state index < -0.39 is 0 Å². The molecule has 0 spiro atoms. The van der Waals surface area contributed by atoms with Gasteiger partial charge in [-0.1, -0.05) is 0 Å². The molecule has 0 atom stereocenters. The number of guanidine groups is 1. The zero-order valence-corrected chi connectivity index (χ0v) is 11.5. The molecule has 0 aromatic carbocycles. The molecule has 0 unspecified atom stereocenters. The number of rotatable bonds is 3. The summed E-state index contributed by atoms with van der Waals surface area (Å²) in [7, 11) is 0. The fraction of sp³-hybridized carbons (Fsp3) is 0.500. The van der Waals surface area contributed by atoms with Gasteiger partial charge >= 0.3 is 0 Å². The van der Waals surface area contributed by atoms with Crippen LogP contribution in [0.4, 0.5) is 0 Å². The second kappa shape index (κ2) is 5.97. The lowest BCUT2D eigenvalue weighted by atomic mass is 10.4. The maximum atomic E-state index is 5.70. The second-order valence-corrected chi connectivity index (χ2v) is 3.72. The number of aromatic nitrogens is 2. The highest BCUT2D eigenvalue weighted by molar-refractivity contribution is 14.0. The van der Waals surface area contributed by atoms with Gasteiger partial charge in [-0.15, -0.1) is 24.0 Å². The van der Waals surface area contributed by atoms with Crippen molar-refractivity contribution in [3.05, 3.63) is 23.8 Å². The monoisotopic (exact) mass is 333 g/mol. The lowest BCUT2D eigenvalue weighted by Gasteiger charge is -2.02. The van der Waals surface area contributed by atoms with Crippen LogP contribution in [0.25, 0.3) is 0 Å². The van der Waals surface area contributed by atoms with Crippen molar-refractivity contribution < 1.29 is 0 Å². The third-order valence-corrected chi connectivity index (χ3v) is 2.17. The Hall–Kier alpha value is -0.920. The van der Waals surface area contributed by atoms with Gasteiger partial charge in [0.2, 0.25) is 0 Å². The highest BCUT2D eigenvalue weighted by atomic mass is 127. The Morgan fingerprint density at radius 2 is 2.38 bits per heavy atom. The summed E-state index contributed by atoms with van der Waals surface area (Å²) in [5.41, 5.74) is 6.59. The average molecular weight is 333 g/mol. The molecule has 0 bridgehead atoms. The number of nitrogens with one attached hydrogen (secondary N) is 1. The summed E-state index contributed by atoms with van der Waals surface area (Å²) in [4.78, 5) is 12.5. The molecule has 0 radical (unpaired) electrons. The van der Waals surface area contributed by atoms with E-state index in [-0.39, 0.29) is 24.0 Å². The van der Waals surface area contributed by atoms with Gasteiger partial charge in [-0.25, -0.2) is 15.0 Å². The van der Waals surface area contributed by atoms with Gasteiger partial charge in [0, 0.05) is 12.2 Å². The first-order valence-electron chi connectivity index (χ1n) is 5.09. The molecule has 3 N–H and O–H groups in total. The number of nitrogens with zero attached hydrogens (tertiary/aromatic N) is 3. The summed E-state index contributed by atoms with van der Waals surface area (Å²) < 4.78 is 0. The molecule has 0 saturated heterocycles. The normalized spacial score (nSPS) is 15.4. The first-order valence-corrected chi connectivity index (χ1v) is 5.09. The van der Waals surface area contributed by atoms with E-state index in [1.807, 2.05) is 13.0 Å². The highest BCUT2D eigenvalue weighted by Crippen LogP contribution is 2.17. The highest BCUT2D eigenvalue weighted by Gasteiger charge is 2.21. The van der Waals surface area contributed by atoms with Gasteiger partial charge in [0.1, 0.15) is 5.82 Å². The van der Waals surface area contributed by atoms with E-state index in [9.17, 15) is 0 Å². The largest absolute Gasteiger partial charge is 0.370 e. The van der Waals surface area contributed by atoms with Crippen LogP contribution in [0.3, 0.4) is 0 Å². The van der Waals surface area contributed by atoms with E-state index in [1.165, 1.54) is 12.8 Å². The number of nitrogens with two attached hydrogens (primary N) is 1. The van der Waals surface area contributed by atoms with Crippen molar-refractivity contribution in [1.82, 2.24) is 15.3 Å². The predicted molar refractivity (Wildman–Crippen MR) is 73.7 cm³/mol. The molecule has 1 aromatic heterocycles. The molecule has 6 heteroatoms. The van der Waals surface area contributed by atoms with Gasteiger partial charge < -0.3 is 11.1 Å². The molecule has 0 amide bonds. The first kappa shape index (κ1) is 13.1. The van der Waals surface area contributed by atoms with Crippen LogP contribution in [0.1, 0.15) is 24.4 Å². The Bertz CT molecular complexity index is 375. The average Bonchev–Trinajstić information content (AvgIpc) is 2.99. The number of hydrogen-bond acceptors (Lipinski definition) is 3. The molecule has 0 aliphatic heterocycles. The van der Waals surface area contributed by atoms with Crippen molar-refractivity contribution in [2.75, 3.05) is 0 Å². The fourth-order valence-electron chi connectivity index (χ4n) is 1.24. The molecule has 1 saturated carbocycles. The van der Waals surface area contributed by atoms with Gasteiger partial charge in [0.25, 0.3) is 0 Å². The quantitative estimate of drug-likeness (QED) is 0.491. The first-order chi connectivity index (χ1) is 7.24. The Balaban J connectivity index is 0.00000128. The summed E-state index contributed by atoms with van der Waals surface area (Å²) in [5.74, 6) is 1.27. The Kier molecular flexibility index (Phi) is 4.91. The van der Waals surface area contributed by atoms with E-state index in [0.29, 0.717) is 18.5 Å². The van der Waals surface area contributed by atoms with Crippen LogP contribution in [-0.2, 0) is 6.54 Å². The molecule has 1 aromatic rings. The van der Waals surface area contributed by atoms with E-state index in [2.05, 4.69) is 20.3 Å². The lowest BCUT2D eigenvalue weighted by Crippen LogP contribution is -2.33. The van der Waals surface area contributed by atoms with Gasteiger partial charge in [0.15, 0.2) is 5.96 Å². The molecule has 5 nitrogen and oxygen atoms in total. The summed E-state index contributed by atoms with van der Waals surface area (Å²) in [6.45, 7) is 2.37. The number of halogens is 1. The minimum Gasteiger partial charge on any atom is -0.370 e. The van der Waals surface area contributed by atoms with E-state index in [1.54, 1.807) is 6.20 Å². The van der Waals surface area contributed by atoms with Crippen LogP contribution < -0.4 is 11.1 Å². The standard InChI is InChI=1S/C10H15N5.HI/c1-7-12-5-4-9(14-7)6-13-10(11)15-8-2-3-8;/h4-5,8H,2-3,6H2,1H3,(H3,11,13,15);1H. The molecule has 1 aliphatic rings. The third-order valence-electron chi connectivity index (χ3n) is 2.17. The van der Waals surface area contributed by atoms with Gasteiger partial charge in [0.05, 0.1) is 12.2 Å². The van der Waals surface area contributed by atoms with Crippen molar-refractivity contribution in [2.24, 2.45) is 10.7 Å². The summed E-state index contributed by atoms with van der Waals surface area (Å²) in [6, 6.07) is 2.39. The minimum atomic E-state index is 0. The molecule has 1 fully saturated rings. The molecular weight excluding hydrogens is 317 g/mol. The molecule has 2 rings (SSSR count). The number of aryl methyl sites for hydroxylation is 1. The summed E-state index contributed by atoms with van der Waals surface area (Å²) in [6.07, 6.45) is 4.13. The van der Waals surface area contributed by atoms with Crippen LogP contribution in [0, 0.1) is 6.92 Å². The Morgan fingerprint density at radius 3 is 3.00 bits per heavy atom. The Morgan fingerprint density at radius 1 is 1.62 bits per heavy atom. The summed E-state index contributed by atoms with van der Waals surface area (Å²) in [5, 5.41) is 3.12. The van der Waals surface area contributed by atoms with Gasteiger partial charge in [-0.05, 0) is 25.8 Å². The van der Waals surface area contributed by atoms with E-state index >= 15 is 0 Å². The van der Waals surface area contributed by atoms with Crippen molar-refractivity contribution >= 4 is 29.9 Å². The van der Waals surface area contributed by atoms with Crippen LogP contribution >= 0.6 is 24.0 Å². The van der Waals surface area contributed by atoms with Crippen molar-refractivity contribution in [2.45, 2.75) is 32.4 Å². The maximum absolute atomic E-state index is 5.70.